The highest BCUT2D eigenvalue weighted by molar-refractivity contribution is 5.78. The summed E-state index contributed by atoms with van der Waals surface area (Å²) in [4.78, 5) is 0. The van der Waals surface area contributed by atoms with Crippen molar-refractivity contribution in [2.24, 2.45) is 0 Å². The first-order chi connectivity index (χ1) is 8.17. The zero-order chi connectivity index (χ0) is 12.7. The number of hydrogen-bond donors (Lipinski definition) is 2. The van der Waals surface area contributed by atoms with Crippen molar-refractivity contribution in [3.63, 3.8) is 0 Å². The molecule has 1 aromatic rings. The van der Waals surface area contributed by atoms with E-state index >= 15 is 0 Å². The summed E-state index contributed by atoms with van der Waals surface area (Å²) in [5.74, 6) is 0.340. The number of benzene rings is 1. The fourth-order valence-electron chi connectivity index (χ4n) is 1.89. The van der Waals surface area contributed by atoms with Crippen LogP contribution in [0.3, 0.4) is 0 Å². The molecule has 0 saturated carbocycles. The topological polar surface area (TPSA) is 47.7 Å². The van der Waals surface area contributed by atoms with Gasteiger partial charge in [-0.05, 0) is 49.4 Å². The number of hydrogen-bond acceptors (Lipinski definition) is 2. The van der Waals surface area contributed by atoms with Crippen LogP contribution in [0.25, 0.3) is 6.08 Å². The van der Waals surface area contributed by atoms with Gasteiger partial charge in [0.15, 0.2) is 0 Å². The second kappa shape index (κ2) is 6.79. The van der Waals surface area contributed by atoms with Crippen LogP contribution in [0.1, 0.15) is 43.2 Å². The van der Waals surface area contributed by atoms with Gasteiger partial charge in [-0.3, -0.25) is 0 Å². The average molecular weight is 228 g/mol. The lowest BCUT2D eigenvalue weighted by Gasteiger charge is -2.15. The SMILES string of the molecule is C=Cc1cccc(C(CC=N)CCC(C)=N)c1. The van der Waals surface area contributed by atoms with E-state index in [-0.39, 0.29) is 0 Å². The molecule has 1 atom stereocenters. The quantitative estimate of drug-likeness (QED) is 0.655. The van der Waals surface area contributed by atoms with Gasteiger partial charge >= 0.3 is 0 Å². The van der Waals surface area contributed by atoms with Crippen molar-refractivity contribution in [2.45, 2.75) is 32.1 Å². The first-order valence-corrected chi connectivity index (χ1v) is 5.92. The predicted molar refractivity (Wildman–Crippen MR) is 75.3 cm³/mol. The highest BCUT2D eigenvalue weighted by atomic mass is 14.4. The molecule has 1 aromatic carbocycles. The lowest BCUT2D eigenvalue weighted by Crippen LogP contribution is -2.02. The van der Waals surface area contributed by atoms with Crippen LogP contribution < -0.4 is 0 Å². The summed E-state index contributed by atoms with van der Waals surface area (Å²) >= 11 is 0. The Bertz CT molecular complexity index is 407. The van der Waals surface area contributed by atoms with Gasteiger partial charge in [0.05, 0.1) is 0 Å². The van der Waals surface area contributed by atoms with Crippen LogP contribution in [0, 0.1) is 10.8 Å². The third kappa shape index (κ3) is 4.35. The van der Waals surface area contributed by atoms with E-state index in [0.29, 0.717) is 11.6 Å². The van der Waals surface area contributed by atoms with Crippen LogP contribution in [0.2, 0.25) is 0 Å². The number of nitrogens with one attached hydrogen (secondary N) is 2. The van der Waals surface area contributed by atoms with Gasteiger partial charge in [-0.2, -0.15) is 0 Å². The normalized spacial score (nSPS) is 11.8. The number of rotatable bonds is 7. The molecule has 0 aliphatic carbocycles. The lowest BCUT2D eigenvalue weighted by molar-refractivity contribution is 0.668. The average Bonchev–Trinajstić information content (AvgIpc) is 2.34. The van der Waals surface area contributed by atoms with E-state index in [9.17, 15) is 0 Å². The van der Waals surface area contributed by atoms with Crippen LogP contribution in [-0.4, -0.2) is 11.9 Å². The molecule has 2 heteroatoms. The summed E-state index contributed by atoms with van der Waals surface area (Å²) in [5.41, 5.74) is 3.07. The zero-order valence-corrected chi connectivity index (χ0v) is 10.4. The molecule has 1 unspecified atom stereocenters. The van der Waals surface area contributed by atoms with Crippen LogP contribution in [0.15, 0.2) is 30.8 Å². The van der Waals surface area contributed by atoms with Gasteiger partial charge in [-0.1, -0.05) is 36.9 Å². The summed E-state index contributed by atoms with van der Waals surface area (Å²) in [6, 6.07) is 8.28. The van der Waals surface area contributed by atoms with E-state index < -0.39 is 0 Å². The van der Waals surface area contributed by atoms with Crippen molar-refractivity contribution in [1.29, 1.82) is 10.8 Å². The van der Waals surface area contributed by atoms with Gasteiger partial charge in [0, 0.05) is 5.71 Å². The first kappa shape index (κ1) is 13.4. The molecule has 0 aliphatic heterocycles. The van der Waals surface area contributed by atoms with E-state index in [4.69, 9.17) is 10.8 Å². The molecule has 0 radical (unpaired) electrons. The Labute approximate surface area is 103 Å². The minimum absolute atomic E-state index is 0.340. The third-order valence-corrected chi connectivity index (χ3v) is 2.89. The van der Waals surface area contributed by atoms with E-state index in [1.54, 1.807) is 0 Å². The Morgan fingerprint density at radius 1 is 1.47 bits per heavy atom. The van der Waals surface area contributed by atoms with E-state index in [1.807, 2.05) is 25.1 Å². The fraction of sp³-hybridized carbons (Fsp3) is 0.333. The maximum absolute atomic E-state index is 7.49. The molecule has 2 N–H and O–H groups in total. The molecule has 0 aromatic heterocycles. The lowest BCUT2D eigenvalue weighted by atomic mass is 9.90. The summed E-state index contributed by atoms with van der Waals surface area (Å²) in [7, 11) is 0. The molecule has 0 saturated heterocycles. The molecule has 0 aliphatic rings. The largest absolute Gasteiger partial charge is 0.313 e. The van der Waals surface area contributed by atoms with Crippen LogP contribution in [0.4, 0.5) is 0 Å². The van der Waals surface area contributed by atoms with Crippen molar-refractivity contribution >= 4 is 18.0 Å². The zero-order valence-electron chi connectivity index (χ0n) is 10.4. The molecular weight excluding hydrogens is 208 g/mol. The van der Waals surface area contributed by atoms with Crippen molar-refractivity contribution in [3.8, 4) is 0 Å². The highest BCUT2D eigenvalue weighted by Crippen LogP contribution is 2.25. The molecule has 0 heterocycles. The fourth-order valence-corrected chi connectivity index (χ4v) is 1.89. The molecule has 0 bridgehead atoms. The maximum Gasteiger partial charge on any atom is 0.00584 e. The molecule has 2 nitrogen and oxygen atoms in total. The van der Waals surface area contributed by atoms with Gasteiger partial charge in [-0.15, -0.1) is 0 Å². The second-order valence-electron chi connectivity index (χ2n) is 4.33. The molecule has 90 valence electrons. The molecule has 1 rings (SSSR count). The van der Waals surface area contributed by atoms with Crippen molar-refractivity contribution < 1.29 is 0 Å². The van der Waals surface area contributed by atoms with Crippen LogP contribution in [-0.2, 0) is 0 Å². The van der Waals surface area contributed by atoms with Crippen molar-refractivity contribution in [2.75, 3.05) is 0 Å². The minimum Gasteiger partial charge on any atom is -0.313 e. The van der Waals surface area contributed by atoms with Crippen molar-refractivity contribution in [1.82, 2.24) is 0 Å². The summed E-state index contributed by atoms with van der Waals surface area (Å²) in [6.45, 7) is 5.61. The molecule has 0 spiro atoms. The van der Waals surface area contributed by atoms with Gasteiger partial charge < -0.3 is 10.8 Å². The summed E-state index contributed by atoms with van der Waals surface area (Å²) in [5, 5.41) is 14.8. The smallest absolute Gasteiger partial charge is 0.00584 e. The first-order valence-electron chi connectivity index (χ1n) is 5.92. The van der Waals surface area contributed by atoms with Gasteiger partial charge in [0.25, 0.3) is 0 Å². The van der Waals surface area contributed by atoms with Crippen LogP contribution >= 0.6 is 0 Å². The molecular formula is C15H20N2. The second-order valence-corrected chi connectivity index (χ2v) is 4.33. The molecule has 17 heavy (non-hydrogen) atoms. The Morgan fingerprint density at radius 2 is 2.24 bits per heavy atom. The molecule has 0 amide bonds. The highest BCUT2D eigenvalue weighted by Gasteiger charge is 2.10. The minimum atomic E-state index is 0.340. The van der Waals surface area contributed by atoms with E-state index in [2.05, 4.69) is 18.7 Å². The summed E-state index contributed by atoms with van der Waals surface area (Å²) < 4.78 is 0. The standard InChI is InChI=1S/C15H20N2/c1-3-13-5-4-6-15(11-13)14(9-10-16)8-7-12(2)17/h3-6,10-11,14,16-17H,1,7-9H2,2H3. The Morgan fingerprint density at radius 3 is 2.82 bits per heavy atom. The Balaban J connectivity index is 2.83. The van der Waals surface area contributed by atoms with Crippen LogP contribution in [0.5, 0.6) is 0 Å². The van der Waals surface area contributed by atoms with E-state index in [0.717, 1.165) is 24.8 Å². The third-order valence-electron chi connectivity index (χ3n) is 2.89. The Hall–Kier alpha value is -1.70. The van der Waals surface area contributed by atoms with Gasteiger partial charge in [0.2, 0.25) is 0 Å². The predicted octanol–water partition coefficient (Wildman–Crippen LogP) is 4.27. The molecule has 0 fully saturated rings. The summed E-state index contributed by atoms with van der Waals surface area (Å²) in [6.07, 6.45) is 5.79. The van der Waals surface area contributed by atoms with Gasteiger partial charge in [-0.25, -0.2) is 0 Å². The van der Waals surface area contributed by atoms with Crippen molar-refractivity contribution in [3.05, 3.63) is 42.0 Å². The Kier molecular flexibility index (Phi) is 5.34. The maximum atomic E-state index is 7.49. The van der Waals surface area contributed by atoms with Gasteiger partial charge in [0.1, 0.15) is 0 Å². The monoisotopic (exact) mass is 228 g/mol. The van der Waals surface area contributed by atoms with E-state index in [1.165, 1.54) is 11.8 Å².